The van der Waals surface area contributed by atoms with Crippen molar-refractivity contribution in [2.75, 3.05) is 4.90 Å². The molecule has 0 heterocycles. The summed E-state index contributed by atoms with van der Waals surface area (Å²) < 4.78 is 0. The standard InChI is InChI=1S/C73H67N/c1-69(2,3)48-21-16-23-51(42-48)73(52-24-17-22-49(43-52)70(4,5)6)63-33-14-11-28-60(63)67-64(73)34-19-35-66(67)74(54-38-39-58-56-26-10-13-32-62(56)72(65(58)44-54)45-46-36-37-50(72)40-46)53-25-15-20-47(41-53)55-29-18-30-59-57-27-9-12-31-61(57)71(7,8)68(55)59/h9-35,38-39,41-44,46,50H,36-37,40,45H2,1-8H3. The molecule has 1 spiro atoms. The first-order chi connectivity index (χ1) is 35.7. The topological polar surface area (TPSA) is 3.24 Å². The van der Waals surface area contributed by atoms with E-state index >= 15 is 0 Å². The van der Waals surface area contributed by atoms with Crippen LogP contribution >= 0.6 is 0 Å². The van der Waals surface area contributed by atoms with Crippen molar-refractivity contribution in [1.29, 1.82) is 0 Å². The summed E-state index contributed by atoms with van der Waals surface area (Å²) in [4.78, 5) is 2.65. The van der Waals surface area contributed by atoms with Gasteiger partial charge in [0.1, 0.15) is 0 Å². The molecule has 2 fully saturated rings. The maximum absolute atomic E-state index is 2.65. The zero-order chi connectivity index (χ0) is 50.5. The summed E-state index contributed by atoms with van der Waals surface area (Å²) in [7, 11) is 0. The molecular weight excluding hydrogens is 891 g/mol. The Balaban J connectivity index is 1.05. The lowest BCUT2D eigenvalue weighted by Crippen LogP contribution is -2.32. The Bertz CT molecular complexity index is 3720. The largest absolute Gasteiger partial charge is 0.310 e. The molecule has 74 heavy (non-hydrogen) atoms. The molecule has 1 heteroatoms. The van der Waals surface area contributed by atoms with Gasteiger partial charge in [0.2, 0.25) is 0 Å². The highest BCUT2D eigenvalue weighted by molar-refractivity contribution is 5.99. The summed E-state index contributed by atoms with van der Waals surface area (Å²) >= 11 is 0. The number of benzene rings is 9. The second kappa shape index (κ2) is 15.9. The third kappa shape index (κ3) is 6.28. The molecule has 364 valence electrons. The molecule has 0 N–H and O–H groups in total. The van der Waals surface area contributed by atoms with Gasteiger partial charge in [-0.3, -0.25) is 0 Å². The monoisotopic (exact) mass is 958 g/mol. The Morgan fingerprint density at radius 1 is 0.432 bits per heavy atom. The minimum Gasteiger partial charge on any atom is -0.310 e. The molecule has 1 nitrogen and oxygen atoms in total. The van der Waals surface area contributed by atoms with Gasteiger partial charge in [0.05, 0.1) is 11.1 Å². The minimum absolute atomic E-state index is 0.0324. The number of rotatable bonds is 6. The molecule has 5 aliphatic carbocycles. The van der Waals surface area contributed by atoms with E-state index in [1.807, 2.05) is 0 Å². The SMILES string of the molecule is CC(C)(C)c1cccc(C2(c3cccc(C(C)(C)C)c3)c3ccccc3-c3c(N(c4cccc(-c5cccc6c5C(C)(C)c5ccccc5-6)c4)c4ccc5c(c4)C4(CC6CCC4C6)c4ccccc4-5)cccc32)c1. The van der Waals surface area contributed by atoms with E-state index in [0.717, 1.165) is 5.92 Å². The Morgan fingerprint density at radius 2 is 0.986 bits per heavy atom. The van der Waals surface area contributed by atoms with Crippen molar-refractivity contribution in [3.8, 4) is 44.5 Å². The van der Waals surface area contributed by atoms with E-state index in [-0.39, 0.29) is 21.7 Å². The van der Waals surface area contributed by atoms with Crippen molar-refractivity contribution < 1.29 is 0 Å². The maximum atomic E-state index is 2.65. The molecule has 3 atom stereocenters. The molecule has 2 saturated carbocycles. The quantitative estimate of drug-likeness (QED) is 0.161. The van der Waals surface area contributed by atoms with Crippen LogP contribution in [0.4, 0.5) is 17.1 Å². The van der Waals surface area contributed by atoms with Gasteiger partial charge < -0.3 is 4.90 Å². The van der Waals surface area contributed by atoms with Crippen LogP contribution in [-0.4, -0.2) is 0 Å². The summed E-state index contributed by atoms with van der Waals surface area (Å²) in [6.07, 6.45) is 5.26. The molecule has 0 saturated heterocycles. The second-order valence-corrected chi connectivity index (χ2v) is 25.3. The van der Waals surface area contributed by atoms with Crippen LogP contribution in [0.5, 0.6) is 0 Å². The normalized spacial score (nSPS) is 19.9. The lowest BCUT2D eigenvalue weighted by molar-refractivity contribution is 0.327. The predicted octanol–water partition coefficient (Wildman–Crippen LogP) is 19.2. The van der Waals surface area contributed by atoms with Gasteiger partial charge in [-0.15, -0.1) is 0 Å². The molecule has 0 radical (unpaired) electrons. The van der Waals surface area contributed by atoms with Gasteiger partial charge in [-0.05, 0) is 167 Å². The zero-order valence-corrected chi connectivity index (χ0v) is 44.5. The Hall–Kier alpha value is -7.22. The van der Waals surface area contributed by atoms with E-state index in [0.29, 0.717) is 5.92 Å². The van der Waals surface area contributed by atoms with Crippen LogP contribution in [0.2, 0.25) is 0 Å². The van der Waals surface area contributed by atoms with Crippen molar-refractivity contribution in [2.24, 2.45) is 11.8 Å². The van der Waals surface area contributed by atoms with Crippen molar-refractivity contribution in [3.63, 3.8) is 0 Å². The molecule has 0 aliphatic heterocycles. The molecule has 3 unspecified atom stereocenters. The average Bonchev–Trinajstić information content (AvgIpc) is 4.28. The van der Waals surface area contributed by atoms with Crippen LogP contribution in [0, 0.1) is 11.8 Å². The fraction of sp³-hybridized carbons (Fsp3) is 0.260. The Kier molecular flexibility index (Phi) is 9.75. The molecule has 2 bridgehead atoms. The van der Waals surface area contributed by atoms with Crippen LogP contribution in [0.3, 0.4) is 0 Å². The molecule has 14 rings (SSSR count). The average molecular weight is 958 g/mol. The summed E-state index contributed by atoms with van der Waals surface area (Å²) in [6.45, 7) is 18.9. The van der Waals surface area contributed by atoms with E-state index < -0.39 is 5.41 Å². The Labute approximate surface area is 440 Å². The first-order valence-electron chi connectivity index (χ1n) is 27.5. The van der Waals surface area contributed by atoms with E-state index in [1.165, 1.54) is 137 Å². The maximum Gasteiger partial charge on any atom is 0.0714 e. The van der Waals surface area contributed by atoms with Crippen LogP contribution in [0.1, 0.15) is 137 Å². The summed E-state index contributed by atoms with van der Waals surface area (Å²) in [5, 5.41) is 0. The van der Waals surface area contributed by atoms with E-state index in [9.17, 15) is 0 Å². The number of anilines is 3. The highest BCUT2D eigenvalue weighted by atomic mass is 15.1. The first-order valence-corrected chi connectivity index (χ1v) is 27.5. The lowest BCUT2D eigenvalue weighted by atomic mass is 9.66. The van der Waals surface area contributed by atoms with Gasteiger partial charge >= 0.3 is 0 Å². The van der Waals surface area contributed by atoms with E-state index in [1.54, 1.807) is 5.56 Å². The first kappa shape index (κ1) is 45.4. The van der Waals surface area contributed by atoms with Gasteiger partial charge in [0.25, 0.3) is 0 Å². The third-order valence-electron chi connectivity index (χ3n) is 18.9. The highest BCUT2D eigenvalue weighted by Gasteiger charge is 2.57. The van der Waals surface area contributed by atoms with Crippen molar-refractivity contribution >= 4 is 17.1 Å². The fourth-order valence-corrected chi connectivity index (χ4v) is 15.6. The van der Waals surface area contributed by atoms with E-state index in [2.05, 4.69) is 260 Å². The summed E-state index contributed by atoms with van der Waals surface area (Å²) in [5.74, 6) is 1.45. The smallest absolute Gasteiger partial charge is 0.0714 e. The molecule has 5 aliphatic rings. The molecule has 0 amide bonds. The summed E-state index contributed by atoms with van der Waals surface area (Å²) in [5.41, 5.74) is 27.4. The highest BCUT2D eigenvalue weighted by Crippen LogP contribution is 2.67. The number of hydrogen-bond donors (Lipinski definition) is 0. The number of fused-ring (bicyclic) bond motifs is 14. The van der Waals surface area contributed by atoms with E-state index in [4.69, 9.17) is 0 Å². The van der Waals surface area contributed by atoms with Crippen LogP contribution in [-0.2, 0) is 27.1 Å². The number of nitrogens with zero attached hydrogens (tertiary/aromatic N) is 1. The van der Waals surface area contributed by atoms with Gasteiger partial charge in [-0.1, -0.05) is 232 Å². The fourth-order valence-electron chi connectivity index (χ4n) is 15.6. The molecule has 0 aromatic heterocycles. The van der Waals surface area contributed by atoms with Crippen LogP contribution in [0.25, 0.3) is 44.5 Å². The Morgan fingerprint density at radius 3 is 1.66 bits per heavy atom. The minimum atomic E-state index is -0.587. The van der Waals surface area contributed by atoms with Gasteiger partial charge in [0, 0.05) is 27.8 Å². The van der Waals surface area contributed by atoms with Gasteiger partial charge in [0.15, 0.2) is 0 Å². The second-order valence-electron chi connectivity index (χ2n) is 25.3. The third-order valence-corrected chi connectivity index (χ3v) is 18.9. The van der Waals surface area contributed by atoms with Crippen LogP contribution < -0.4 is 4.90 Å². The van der Waals surface area contributed by atoms with Crippen LogP contribution in [0.15, 0.2) is 200 Å². The zero-order valence-electron chi connectivity index (χ0n) is 44.5. The number of hydrogen-bond acceptors (Lipinski definition) is 1. The van der Waals surface area contributed by atoms with Crippen molar-refractivity contribution in [3.05, 3.63) is 256 Å². The predicted molar refractivity (Wildman–Crippen MR) is 310 cm³/mol. The van der Waals surface area contributed by atoms with Crippen molar-refractivity contribution in [1.82, 2.24) is 0 Å². The summed E-state index contributed by atoms with van der Waals surface area (Å²) in [6, 6.07) is 78.3. The van der Waals surface area contributed by atoms with Gasteiger partial charge in [-0.25, -0.2) is 0 Å². The molecule has 9 aromatic carbocycles. The molecular formula is C73H67N. The lowest BCUT2D eigenvalue weighted by Gasteiger charge is -2.37. The van der Waals surface area contributed by atoms with Crippen molar-refractivity contribution in [2.45, 2.75) is 108 Å². The van der Waals surface area contributed by atoms with Gasteiger partial charge in [-0.2, -0.15) is 0 Å². The molecule has 9 aromatic rings.